The topological polar surface area (TPSA) is 84.6 Å². The van der Waals surface area contributed by atoms with Crippen LogP contribution in [0.1, 0.15) is 20.8 Å². The Balaban J connectivity index is 3.92. The van der Waals surface area contributed by atoms with E-state index in [1.165, 1.54) is 6.21 Å². The molecular weight excluding hydrogens is 158 g/mol. The molecule has 0 aliphatic carbocycles. The average molecular weight is 171 g/mol. The highest BCUT2D eigenvalue weighted by atomic mass is 16.2. The molecular formula is C7H13N3O2. The molecule has 5 nitrogen and oxygen atoms in total. The predicted molar refractivity (Wildman–Crippen MR) is 45.3 cm³/mol. The van der Waals surface area contributed by atoms with Crippen molar-refractivity contribution in [3.8, 4) is 0 Å². The van der Waals surface area contributed by atoms with Gasteiger partial charge < -0.3 is 5.73 Å². The van der Waals surface area contributed by atoms with Gasteiger partial charge in [0.2, 0.25) is 0 Å². The Bertz CT molecular complexity index is 215. The van der Waals surface area contributed by atoms with E-state index in [9.17, 15) is 9.59 Å². The first-order chi connectivity index (χ1) is 5.33. The van der Waals surface area contributed by atoms with E-state index in [1.807, 2.05) is 26.2 Å². The molecule has 0 unspecified atom stereocenters. The van der Waals surface area contributed by atoms with Crippen molar-refractivity contribution in [3.05, 3.63) is 0 Å². The van der Waals surface area contributed by atoms with Crippen LogP contribution in [0.15, 0.2) is 5.10 Å². The quantitative estimate of drug-likeness (QED) is 0.320. The first kappa shape index (κ1) is 10.6. The monoisotopic (exact) mass is 171 g/mol. The molecule has 3 N–H and O–H groups in total. The van der Waals surface area contributed by atoms with Crippen molar-refractivity contribution in [2.45, 2.75) is 20.8 Å². The Morgan fingerprint density at radius 1 is 1.42 bits per heavy atom. The Kier molecular flexibility index (Phi) is 3.40. The molecule has 0 aromatic carbocycles. The van der Waals surface area contributed by atoms with E-state index in [4.69, 9.17) is 0 Å². The van der Waals surface area contributed by atoms with Crippen LogP contribution in [0.5, 0.6) is 0 Å². The first-order valence-electron chi connectivity index (χ1n) is 3.47. The molecule has 0 heterocycles. The number of carbonyl (C=O) groups is 2. The second kappa shape index (κ2) is 3.85. The van der Waals surface area contributed by atoms with Crippen LogP contribution in [0.2, 0.25) is 0 Å². The highest BCUT2D eigenvalue weighted by Gasteiger charge is 2.08. The van der Waals surface area contributed by atoms with Crippen LogP contribution in [0.3, 0.4) is 0 Å². The SMILES string of the molecule is CC(C)(C)/C=N/NC(=O)C(N)=O. The van der Waals surface area contributed by atoms with E-state index in [2.05, 4.69) is 10.8 Å². The minimum atomic E-state index is -1.04. The summed E-state index contributed by atoms with van der Waals surface area (Å²) in [4.78, 5) is 20.7. The third-order valence-corrected chi connectivity index (χ3v) is 0.842. The van der Waals surface area contributed by atoms with Gasteiger partial charge >= 0.3 is 11.8 Å². The summed E-state index contributed by atoms with van der Waals surface area (Å²) in [5, 5.41) is 3.54. The van der Waals surface area contributed by atoms with E-state index in [0.29, 0.717) is 0 Å². The van der Waals surface area contributed by atoms with Crippen molar-refractivity contribution in [1.82, 2.24) is 5.43 Å². The van der Waals surface area contributed by atoms with Gasteiger partial charge in [-0.05, 0) is 5.41 Å². The summed E-state index contributed by atoms with van der Waals surface area (Å²) in [5.74, 6) is -1.95. The molecule has 0 aliphatic rings. The second-order valence-electron chi connectivity index (χ2n) is 3.43. The molecule has 0 aliphatic heterocycles. The van der Waals surface area contributed by atoms with Crippen LogP contribution in [0.25, 0.3) is 0 Å². The fraction of sp³-hybridized carbons (Fsp3) is 0.571. The van der Waals surface area contributed by atoms with E-state index >= 15 is 0 Å². The van der Waals surface area contributed by atoms with Crippen LogP contribution < -0.4 is 11.2 Å². The van der Waals surface area contributed by atoms with Gasteiger partial charge in [0.15, 0.2) is 0 Å². The van der Waals surface area contributed by atoms with Gasteiger partial charge in [-0.1, -0.05) is 20.8 Å². The molecule has 0 aromatic rings. The molecule has 0 saturated carbocycles. The fourth-order valence-electron chi connectivity index (χ4n) is 0.340. The van der Waals surface area contributed by atoms with Gasteiger partial charge in [0, 0.05) is 6.21 Å². The Hall–Kier alpha value is -1.39. The largest absolute Gasteiger partial charge is 0.361 e. The summed E-state index contributed by atoms with van der Waals surface area (Å²) < 4.78 is 0. The van der Waals surface area contributed by atoms with Crippen molar-refractivity contribution in [3.63, 3.8) is 0 Å². The number of hydrazone groups is 1. The molecule has 0 spiro atoms. The lowest BCUT2D eigenvalue weighted by atomic mass is 9.99. The van der Waals surface area contributed by atoms with Gasteiger partial charge in [0.1, 0.15) is 0 Å². The number of hydrogen-bond acceptors (Lipinski definition) is 3. The first-order valence-corrected chi connectivity index (χ1v) is 3.47. The van der Waals surface area contributed by atoms with Gasteiger partial charge in [-0.15, -0.1) is 0 Å². The van der Waals surface area contributed by atoms with Crippen molar-refractivity contribution < 1.29 is 9.59 Å². The molecule has 0 saturated heterocycles. The number of hydrogen-bond donors (Lipinski definition) is 2. The average Bonchev–Trinajstić information content (AvgIpc) is 1.84. The van der Waals surface area contributed by atoms with Gasteiger partial charge in [0.05, 0.1) is 0 Å². The summed E-state index contributed by atoms with van der Waals surface area (Å²) >= 11 is 0. The van der Waals surface area contributed by atoms with Crippen LogP contribution in [-0.4, -0.2) is 18.0 Å². The molecule has 0 aromatic heterocycles. The normalized spacial score (nSPS) is 11.6. The van der Waals surface area contributed by atoms with Crippen LogP contribution >= 0.6 is 0 Å². The minimum Gasteiger partial charge on any atom is -0.361 e. The van der Waals surface area contributed by atoms with Crippen LogP contribution in [0.4, 0.5) is 0 Å². The van der Waals surface area contributed by atoms with E-state index in [0.717, 1.165) is 0 Å². The Morgan fingerprint density at radius 3 is 2.25 bits per heavy atom. The lowest BCUT2D eigenvalue weighted by Gasteiger charge is -2.09. The van der Waals surface area contributed by atoms with Crippen molar-refractivity contribution in [1.29, 1.82) is 0 Å². The molecule has 2 amide bonds. The lowest BCUT2D eigenvalue weighted by molar-refractivity contribution is -0.137. The predicted octanol–water partition coefficient (Wildman–Crippen LogP) is -0.380. The van der Waals surface area contributed by atoms with Crippen molar-refractivity contribution >= 4 is 18.0 Å². The summed E-state index contributed by atoms with van der Waals surface area (Å²) in [5.41, 5.74) is 6.52. The number of carbonyl (C=O) groups excluding carboxylic acids is 2. The van der Waals surface area contributed by atoms with Gasteiger partial charge in [-0.25, -0.2) is 5.43 Å². The standard InChI is InChI=1S/C7H13N3O2/c1-7(2,3)4-9-10-6(12)5(8)11/h4H,1-3H3,(H2,8,11)(H,10,12)/b9-4+. The minimum absolute atomic E-state index is 0.134. The van der Waals surface area contributed by atoms with Gasteiger partial charge in [-0.2, -0.15) is 5.10 Å². The maximum atomic E-state index is 10.5. The summed E-state index contributed by atoms with van der Waals surface area (Å²) in [7, 11) is 0. The number of rotatable bonds is 1. The third-order valence-electron chi connectivity index (χ3n) is 0.842. The van der Waals surface area contributed by atoms with Gasteiger partial charge in [-0.3, -0.25) is 9.59 Å². The highest BCUT2D eigenvalue weighted by molar-refractivity contribution is 6.34. The molecule has 0 bridgehead atoms. The zero-order valence-corrected chi connectivity index (χ0v) is 7.42. The Labute approximate surface area is 71.0 Å². The second-order valence-corrected chi connectivity index (χ2v) is 3.43. The number of amides is 2. The van der Waals surface area contributed by atoms with Crippen molar-refractivity contribution in [2.24, 2.45) is 16.3 Å². The molecule has 5 heteroatoms. The van der Waals surface area contributed by atoms with E-state index < -0.39 is 11.8 Å². The fourth-order valence-corrected chi connectivity index (χ4v) is 0.340. The maximum absolute atomic E-state index is 10.5. The number of nitrogens with zero attached hydrogens (tertiary/aromatic N) is 1. The summed E-state index contributed by atoms with van der Waals surface area (Å²) in [6.07, 6.45) is 1.52. The van der Waals surface area contributed by atoms with Crippen LogP contribution in [-0.2, 0) is 9.59 Å². The summed E-state index contributed by atoms with van der Waals surface area (Å²) in [6.45, 7) is 5.73. The smallest absolute Gasteiger partial charge is 0.329 e. The number of nitrogens with one attached hydrogen (secondary N) is 1. The molecule has 0 atom stereocenters. The number of nitrogens with two attached hydrogens (primary N) is 1. The van der Waals surface area contributed by atoms with E-state index in [-0.39, 0.29) is 5.41 Å². The maximum Gasteiger partial charge on any atom is 0.329 e. The molecule has 0 rings (SSSR count). The third kappa shape index (κ3) is 5.40. The van der Waals surface area contributed by atoms with Crippen LogP contribution in [0, 0.1) is 5.41 Å². The van der Waals surface area contributed by atoms with Crippen molar-refractivity contribution in [2.75, 3.05) is 0 Å². The van der Waals surface area contributed by atoms with Gasteiger partial charge in [0.25, 0.3) is 0 Å². The summed E-state index contributed by atoms with van der Waals surface area (Å²) in [6, 6.07) is 0. The number of primary amides is 1. The Morgan fingerprint density at radius 2 is 1.92 bits per heavy atom. The lowest BCUT2D eigenvalue weighted by Crippen LogP contribution is -2.33. The molecule has 0 fully saturated rings. The highest BCUT2D eigenvalue weighted by Crippen LogP contribution is 2.07. The zero-order valence-electron chi connectivity index (χ0n) is 7.42. The molecule has 68 valence electrons. The zero-order chi connectivity index (χ0) is 9.78. The van der Waals surface area contributed by atoms with E-state index in [1.54, 1.807) is 0 Å². The molecule has 0 radical (unpaired) electrons. The molecule has 12 heavy (non-hydrogen) atoms.